The van der Waals surface area contributed by atoms with E-state index in [1.807, 2.05) is 0 Å². The van der Waals surface area contributed by atoms with Crippen molar-refractivity contribution in [2.24, 2.45) is 5.41 Å². The maximum Gasteiger partial charge on any atom is 0.197 e. The molecule has 0 aromatic carbocycles. The molecule has 0 atom stereocenters. The van der Waals surface area contributed by atoms with Crippen LogP contribution in [0.1, 0.15) is 33.1 Å². The first-order chi connectivity index (χ1) is 8.03. The number of ether oxygens (including phenoxy) is 1. The van der Waals surface area contributed by atoms with E-state index in [-0.39, 0.29) is 0 Å². The number of hydrogen-bond acceptors (Lipinski definition) is 5. The Bertz CT molecular complexity index is 389. The fraction of sp³-hybridized carbons (Fsp3) is 0.750. The van der Waals surface area contributed by atoms with Crippen molar-refractivity contribution < 1.29 is 4.74 Å². The molecule has 1 aliphatic rings. The van der Waals surface area contributed by atoms with Gasteiger partial charge in [-0.2, -0.15) is 4.37 Å². The molecule has 0 aliphatic carbocycles. The number of rotatable bonds is 2. The lowest BCUT2D eigenvalue weighted by molar-refractivity contribution is 0.325. The topological polar surface area (TPSA) is 51.4 Å². The van der Waals surface area contributed by atoms with Gasteiger partial charge < -0.3 is 15.4 Å². The summed E-state index contributed by atoms with van der Waals surface area (Å²) in [7, 11) is 1.66. The lowest BCUT2D eigenvalue weighted by Crippen LogP contribution is -2.24. The van der Waals surface area contributed by atoms with Crippen LogP contribution in [0.15, 0.2) is 0 Å². The smallest absolute Gasteiger partial charge is 0.197 e. The van der Waals surface area contributed by atoms with Crippen LogP contribution in [0.25, 0.3) is 0 Å². The third-order valence-corrected chi connectivity index (χ3v) is 4.39. The standard InChI is InChI=1S/C12H21N3OS/c1-12(2)5-4-7-15(8-6-12)11-9(16-3)10(13)14-17-11/h4-8H2,1-3H3,(H2,13,14). The second-order valence-electron chi connectivity index (χ2n) is 5.41. The lowest BCUT2D eigenvalue weighted by Gasteiger charge is -2.23. The fourth-order valence-electron chi connectivity index (χ4n) is 2.30. The van der Waals surface area contributed by atoms with Crippen LogP contribution in [0.4, 0.5) is 10.8 Å². The average molecular weight is 255 g/mol. The predicted octanol–water partition coefficient (Wildman–Crippen LogP) is 2.75. The number of nitrogens with zero attached hydrogens (tertiary/aromatic N) is 2. The van der Waals surface area contributed by atoms with E-state index < -0.39 is 0 Å². The van der Waals surface area contributed by atoms with E-state index in [0.29, 0.717) is 11.2 Å². The van der Waals surface area contributed by atoms with Gasteiger partial charge in [0.05, 0.1) is 7.11 Å². The van der Waals surface area contributed by atoms with Crippen LogP contribution >= 0.6 is 11.5 Å². The van der Waals surface area contributed by atoms with Crippen molar-refractivity contribution >= 4 is 22.4 Å². The molecule has 0 radical (unpaired) electrons. The minimum Gasteiger partial charge on any atom is -0.490 e. The largest absolute Gasteiger partial charge is 0.490 e. The van der Waals surface area contributed by atoms with Gasteiger partial charge in [0.15, 0.2) is 16.6 Å². The molecule has 2 heterocycles. The summed E-state index contributed by atoms with van der Waals surface area (Å²) in [5.74, 6) is 1.26. The Labute approximate surface area is 107 Å². The molecule has 0 bridgehead atoms. The highest BCUT2D eigenvalue weighted by molar-refractivity contribution is 7.11. The summed E-state index contributed by atoms with van der Waals surface area (Å²) >= 11 is 1.44. The Balaban J connectivity index is 2.17. The molecule has 2 rings (SSSR count). The van der Waals surface area contributed by atoms with E-state index in [9.17, 15) is 0 Å². The van der Waals surface area contributed by atoms with Gasteiger partial charge in [-0.1, -0.05) is 13.8 Å². The third-order valence-electron chi connectivity index (χ3n) is 3.49. The lowest BCUT2D eigenvalue weighted by atomic mass is 9.85. The Hall–Kier alpha value is -0.970. The van der Waals surface area contributed by atoms with Crippen LogP contribution < -0.4 is 15.4 Å². The zero-order valence-electron chi connectivity index (χ0n) is 10.8. The predicted molar refractivity (Wildman–Crippen MR) is 72.9 cm³/mol. The molecule has 4 nitrogen and oxygen atoms in total. The molecule has 2 N–H and O–H groups in total. The monoisotopic (exact) mass is 255 g/mol. The van der Waals surface area contributed by atoms with Crippen molar-refractivity contribution in [3.63, 3.8) is 0 Å². The highest BCUT2D eigenvalue weighted by Gasteiger charge is 2.26. The molecule has 1 aromatic heterocycles. The summed E-state index contributed by atoms with van der Waals surface area (Å²) < 4.78 is 9.53. The summed E-state index contributed by atoms with van der Waals surface area (Å²) in [5, 5.41) is 1.09. The van der Waals surface area contributed by atoms with Gasteiger partial charge in [-0.3, -0.25) is 0 Å². The fourth-order valence-corrected chi connectivity index (χ4v) is 3.14. The van der Waals surface area contributed by atoms with Crippen molar-refractivity contribution in [1.29, 1.82) is 0 Å². The molecule has 17 heavy (non-hydrogen) atoms. The summed E-state index contributed by atoms with van der Waals surface area (Å²) in [4.78, 5) is 2.36. The summed E-state index contributed by atoms with van der Waals surface area (Å²) in [6.07, 6.45) is 3.70. The summed E-state index contributed by atoms with van der Waals surface area (Å²) in [5.41, 5.74) is 6.24. The number of nitrogen functional groups attached to an aromatic ring is 1. The van der Waals surface area contributed by atoms with Crippen molar-refractivity contribution in [2.45, 2.75) is 33.1 Å². The van der Waals surface area contributed by atoms with Gasteiger partial charge in [0.25, 0.3) is 0 Å². The number of aromatic nitrogens is 1. The maximum absolute atomic E-state index is 5.80. The van der Waals surface area contributed by atoms with E-state index in [0.717, 1.165) is 23.8 Å². The molecule has 1 aliphatic heterocycles. The van der Waals surface area contributed by atoms with Crippen LogP contribution in [0, 0.1) is 5.41 Å². The number of anilines is 2. The van der Waals surface area contributed by atoms with Crippen molar-refractivity contribution in [3.05, 3.63) is 0 Å². The van der Waals surface area contributed by atoms with Gasteiger partial charge in [-0.25, -0.2) is 0 Å². The quantitative estimate of drug-likeness (QED) is 0.883. The number of hydrogen-bond donors (Lipinski definition) is 1. The highest BCUT2D eigenvalue weighted by Crippen LogP contribution is 2.40. The molecule has 1 saturated heterocycles. The minimum atomic E-state index is 0.443. The molecular formula is C12H21N3OS. The Morgan fingerprint density at radius 2 is 2.12 bits per heavy atom. The van der Waals surface area contributed by atoms with Gasteiger partial charge in [-0.05, 0) is 36.2 Å². The van der Waals surface area contributed by atoms with Crippen LogP contribution in [-0.2, 0) is 0 Å². The maximum atomic E-state index is 5.80. The van der Waals surface area contributed by atoms with Crippen LogP contribution in [-0.4, -0.2) is 24.6 Å². The Morgan fingerprint density at radius 1 is 1.35 bits per heavy atom. The third kappa shape index (κ3) is 2.65. The molecular weight excluding hydrogens is 234 g/mol. The average Bonchev–Trinajstić information content (AvgIpc) is 2.54. The Kier molecular flexibility index (Phi) is 3.47. The number of methoxy groups -OCH3 is 1. The summed E-state index contributed by atoms with van der Waals surface area (Å²) in [6.45, 7) is 6.82. The molecule has 0 unspecified atom stereocenters. The van der Waals surface area contributed by atoms with Gasteiger partial charge in [-0.15, -0.1) is 0 Å². The molecule has 1 aromatic rings. The highest BCUT2D eigenvalue weighted by atomic mass is 32.1. The number of nitrogens with two attached hydrogens (primary N) is 1. The van der Waals surface area contributed by atoms with E-state index in [1.54, 1.807) is 7.11 Å². The molecule has 0 amide bonds. The second kappa shape index (κ2) is 4.72. The summed E-state index contributed by atoms with van der Waals surface area (Å²) in [6, 6.07) is 0. The van der Waals surface area contributed by atoms with E-state index in [4.69, 9.17) is 10.5 Å². The zero-order valence-corrected chi connectivity index (χ0v) is 11.6. The van der Waals surface area contributed by atoms with Crippen molar-refractivity contribution in [3.8, 4) is 5.75 Å². The van der Waals surface area contributed by atoms with Crippen LogP contribution in [0.5, 0.6) is 5.75 Å². The van der Waals surface area contributed by atoms with E-state index >= 15 is 0 Å². The van der Waals surface area contributed by atoms with Crippen molar-refractivity contribution in [2.75, 3.05) is 30.8 Å². The van der Waals surface area contributed by atoms with Crippen LogP contribution in [0.3, 0.4) is 0 Å². The SMILES string of the molecule is COc1c(N)nsc1N1CCCC(C)(C)CC1. The van der Waals surface area contributed by atoms with Crippen LogP contribution in [0.2, 0.25) is 0 Å². The van der Waals surface area contributed by atoms with Gasteiger partial charge in [0.2, 0.25) is 0 Å². The molecule has 96 valence electrons. The van der Waals surface area contributed by atoms with E-state index in [2.05, 4.69) is 23.1 Å². The Morgan fingerprint density at radius 3 is 2.82 bits per heavy atom. The van der Waals surface area contributed by atoms with Crippen molar-refractivity contribution in [1.82, 2.24) is 4.37 Å². The zero-order chi connectivity index (χ0) is 12.5. The molecule has 0 saturated carbocycles. The minimum absolute atomic E-state index is 0.443. The van der Waals surface area contributed by atoms with Gasteiger partial charge >= 0.3 is 0 Å². The molecule has 5 heteroatoms. The van der Waals surface area contributed by atoms with Gasteiger partial charge in [0, 0.05) is 13.1 Å². The molecule has 1 fully saturated rings. The first kappa shape index (κ1) is 12.5. The first-order valence-corrected chi connectivity index (χ1v) is 6.85. The first-order valence-electron chi connectivity index (χ1n) is 6.07. The normalized spacial score (nSPS) is 20.1. The molecule has 0 spiro atoms. The second-order valence-corrected chi connectivity index (χ2v) is 6.16. The van der Waals surface area contributed by atoms with E-state index in [1.165, 1.54) is 30.8 Å². The van der Waals surface area contributed by atoms with Gasteiger partial charge in [0.1, 0.15) is 0 Å².